The van der Waals surface area contributed by atoms with Crippen molar-refractivity contribution < 1.29 is 4.74 Å². The number of ether oxygens (including phenoxy) is 1. The van der Waals surface area contributed by atoms with Crippen molar-refractivity contribution in [3.05, 3.63) is 89.1 Å². The summed E-state index contributed by atoms with van der Waals surface area (Å²) in [4.78, 5) is 2.18. The number of nitrogens with zero attached hydrogens (tertiary/aromatic N) is 1. The molecule has 0 unspecified atom stereocenters. The first-order valence-electron chi connectivity index (χ1n) is 12.6. The van der Waals surface area contributed by atoms with Crippen LogP contribution in [-0.2, 0) is 0 Å². The second-order valence-corrected chi connectivity index (χ2v) is 8.59. The van der Waals surface area contributed by atoms with E-state index in [1.165, 1.54) is 27.8 Å². The van der Waals surface area contributed by atoms with E-state index in [1.54, 1.807) is 7.11 Å². The van der Waals surface area contributed by atoms with Gasteiger partial charge in [-0.2, -0.15) is 0 Å². The minimum absolute atomic E-state index is 0.569. The Kier molecular flexibility index (Phi) is 18.2. The molecule has 0 spiro atoms. The van der Waals surface area contributed by atoms with E-state index in [4.69, 9.17) is 10.5 Å². The number of allylic oxidation sites excluding steroid dienone is 2. The number of methoxy groups -OCH3 is 1. The lowest BCUT2D eigenvalue weighted by molar-refractivity contribution is 0.413. The molecular weight excluding hydrogens is 440 g/mol. The second kappa shape index (κ2) is 18.9. The molecule has 2 rings (SSSR count). The van der Waals surface area contributed by atoms with Crippen molar-refractivity contribution in [2.75, 3.05) is 20.7 Å². The SMILES string of the molecule is C#C.C=C(N)C/C=C(\C)c1c(C)cccc1OC.C=C(c1ccc(C)c(C(C)C)c1)N(C)CC.CC. The van der Waals surface area contributed by atoms with Crippen molar-refractivity contribution in [1.82, 2.24) is 4.90 Å². The highest BCUT2D eigenvalue weighted by molar-refractivity contribution is 5.71. The van der Waals surface area contributed by atoms with E-state index < -0.39 is 0 Å². The van der Waals surface area contributed by atoms with Gasteiger partial charge in [0.05, 0.1) is 7.11 Å². The quantitative estimate of drug-likeness (QED) is 0.377. The van der Waals surface area contributed by atoms with Crippen molar-refractivity contribution >= 4 is 11.3 Å². The molecule has 0 saturated carbocycles. The molecule has 0 aromatic heterocycles. The van der Waals surface area contributed by atoms with Gasteiger partial charge in [-0.05, 0) is 73.6 Å². The van der Waals surface area contributed by atoms with Crippen molar-refractivity contribution in [2.24, 2.45) is 5.73 Å². The molecule has 198 valence electrons. The smallest absolute Gasteiger partial charge is 0.126 e. The molecule has 3 heteroatoms. The Bertz CT molecular complexity index is 996. The number of hydrogen-bond acceptors (Lipinski definition) is 3. The lowest BCUT2D eigenvalue weighted by Gasteiger charge is -2.21. The minimum Gasteiger partial charge on any atom is -0.496 e. The van der Waals surface area contributed by atoms with Gasteiger partial charge in [-0.15, -0.1) is 12.8 Å². The summed E-state index contributed by atoms with van der Waals surface area (Å²) in [5, 5.41) is 0. The summed E-state index contributed by atoms with van der Waals surface area (Å²) in [6, 6.07) is 12.7. The maximum atomic E-state index is 5.56. The van der Waals surface area contributed by atoms with E-state index >= 15 is 0 Å². The summed E-state index contributed by atoms with van der Waals surface area (Å²) in [5.74, 6) is 1.47. The Morgan fingerprint density at radius 3 is 2.14 bits per heavy atom. The van der Waals surface area contributed by atoms with Crippen LogP contribution in [0.15, 0.2) is 61.3 Å². The Labute approximate surface area is 222 Å². The van der Waals surface area contributed by atoms with Gasteiger partial charge in [0.1, 0.15) is 5.75 Å². The van der Waals surface area contributed by atoms with Crippen molar-refractivity contribution in [1.29, 1.82) is 0 Å². The van der Waals surface area contributed by atoms with Crippen LogP contribution in [0.1, 0.15) is 81.7 Å². The highest BCUT2D eigenvalue weighted by Gasteiger charge is 2.09. The van der Waals surface area contributed by atoms with Gasteiger partial charge in [-0.1, -0.05) is 71.2 Å². The van der Waals surface area contributed by atoms with E-state index in [0.717, 1.165) is 23.6 Å². The lowest BCUT2D eigenvalue weighted by atomic mass is 9.95. The third kappa shape index (κ3) is 11.4. The van der Waals surface area contributed by atoms with Crippen LogP contribution in [0.4, 0.5) is 0 Å². The Balaban J connectivity index is 0. The van der Waals surface area contributed by atoms with Crippen LogP contribution in [0.2, 0.25) is 0 Å². The molecule has 0 saturated heterocycles. The predicted octanol–water partition coefficient (Wildman–Crippen LogP) is 8.59. The van der Waals surface area contributed by atoms with Gasteiger partial charge in [0.2, 0.25) is 0 Å². The predicted molar refractivity (Wildman–Crippen MR) is 163 cm³/mol. The molecule has 0 aliphatic rings. The Morgan fingerprint density at radius 2 is 1.67 bits per heavy atom. The normalized spacial score (nSPS) is 9.97. The van der Waals surface area contributed by atoms with Gasteiger partial charge in [0.15, 0.2) is 0 Å². The van der Waals surface area contributed by atoms with Crippen LogP contribution in [0, 0.1) is 26.7 Å². The van der Waals surface area contributed by atoms with Gasteiger partial charge in [0, 0.05) is 37.0 Å². The van der Waals surface area contributed by atoms with Crippen LogP contribution in [-0.4, -0.2) is 25.6 Å². The number of hydrogen-bond donors (Lipinski definition) is 1. The highest BCUT2D eigenvalue weighted by atomic mass is 16.5. The van der Waals surface area contributed by atoms with Crippen molar-refractivity contribution in [3.63, 3.8) is 0 Å². The third-order valence-electron chi connectivity index (χ3n) is 5.69. The zero-order valence-electron chi connectivity index (χ0n) is 24.5. The first-order chi connectivity index (χ1) is 17.0. The maximum absolute atomic E-state index is 5.56. The van der Waals surface area contributed by atoms with E-state index in [1.807, 2.05) is 26.0 Å². The summed E-state index contributed by atoms with van der Waals surface area (Å²) in [6.07, 6.45) is 10.8. The number of aryl methyl sites for hydroxylation is 2. The molecule has 0 bridgehead atoms. The molecule has 0 fully saturated rings. The molecule has 3 nitrogen and oxygen atoms in total. The van der Waals surface area contributed by atoms with Crippen molar-refractivity contribution in [2.45, 2.75) is 67.7 Å². The molecule has 0 amide bonds. The van der Waals surface area contributed by atoms with Gasteiger partial charge in [-0.25, -0.2) is 0 Å². The summed E-state index contributed by atoms with van der Waals surface area (Å²) >= 11 is 0. The number of benzene rings is 2. The van der Waals surface area contributed by atoms with Crippen LogP contribution in [0.25, 0.3) is 11.3 Å². The molecular formula is C33H50N2O. The van der Waals surface area contributed by atoms with E-state index in [0.29, 0.717) is 18.0 Å². The zero-order chi connectivity index (χ0) is 28.4. The average molecular weight is 491 g/mol. The molecule has 0 heterocycles. The average Bonchev–Trinajstić information content (AvgIpc) is 2.88. The molecule has 36 heavy (non-hydrogen) atoms. The standard InChI is InChI=1S/C15H23N.C14H19NO.C2H6.C2H2/c1-7-16(6)13(5)14-9-8-12(4)15(10-14)11(2)3;1-10-6-5-7-13(16-4)14(10)11(2)8-9-12(3)15;2*1-2/h8-11H,5,7H2,1-4,6H3;5-8H,3,9,15H2,1-2,4H3;1-2H3;1-2H/b;11-8+;;. The Morgan fingerprint density at radius 1 is 1.08 bits per heavy atom. The third-order valence-corrected chi connectivity index (χ3v) is 5.69. The van der Waals surface area contributed by atoms with Gasteiger partial charge < -0.3 is 15.4 Å². The van der Waals surface area contributed by atoms with Gasteiger partial charge in [-0.3, -0.25) is 0 Å². The molecule has 2 N–H and O–H groups in total. The summed E-state index contributed by atoms with van der Waals surface area (Å²) in [6.45, 7) is 25.8. The van der Waals surface area contributed by atoms with Gasteiger partial charge in [0.25, 0.3) is 0 Å². The van der Waals surface area contributed by atoms with E-state index in [2.05, 4.69) is 110 Å². The van der Waals surface area contributed by atoms with Crippen molar-refractivity contribution in [3.8, 4) is 18.6 Å². The van der Waals surface area contributed by atoms with Crippen LogP contribution < -0.4 is 10.5 Å². The fraction of sp³-hybridized carbons (Fsp3) is 0.394. The second-order valence-electron chi connectivity index (χ2n) is 8.59. The summed E-state index contributed by atoms with van der Waals surface area (Å²) in [5.41, 5.74) is 14.9. The first kappa shape index (κ1) is 34.8. The topological polar surface area (TPSA) is 38.5 Å². The fourth-order valence-corrected chi connectivity index (χ4v) is 3.56. The molecule has 2 aromatic rings. The fourth-order valence-electron chi connectivity index (χ4n) is 3.56. The maximum Gasteiger partial charge on any atom is 0.126 e. The lowest BCUT2D eigenvalue weighted by Crippen LogP contribution is -2.15. The zero-order valence-corrected chi connectivity index (χ0v) is 24.5. The number of nitrogens with two attached hydrogens (primary N) is 1. The monoisotopic (exact) mass is 490 g/mol. The molecule has 0 atom stereocenters. The molecule has 2 aromatic carbocycles. The Hall–Kier alpha value is -3.38. The van der Waals surface area contributed by atoms with Crippen LogP contribution in [0.5, 0.6) is 5.75 Å². The van der Waals surface area contributed by atoms with E-state index in [9.17, 15) is 0 Å². The molecule has 0 aliphatic carbocycles. The minimum atomic E-state index is 0.569. The number of terminal acetylenes is 1. The van der Waals surface area contributed by atoms with Gasteiger partial charge >= 0.3 is 0 Å². The molecule has 0 aliphatic heterocycles. The summed E-state index contributed by atoms with van der Waals surface area (Å²) < 4.78 is 5.36. The first-order valence-corrected chi connectivity index (χ1v) is 12.6. The highest BCUT2D eigenvalue weighted by Crippen LogP contribution is 2.29. The van der Waals surface area contributed by atoms with E-state index in [-0.39, 0.29) is 0 Å². The largest absolute Gasteiger partial charge is 0.496 e. The molecule has 0 radical (unpaired) electrons. The summed E-state index contributed by atoms with van der Waals surface area (Å²) in [7, 11) is 3.77. The number of rotatable bonds is 8. The van der Waals surface area contributed by atoms with Crippen LogP contribution in [0.3, 0.4) is 0 Å². The van der Waals surface area contributed by atoms with Crippen LogP contribution >= 0.6 is 0 Å².